The Hall–Kier alpha value is -0.860. The molecule has 1 aliphatic carbocycles. The van der Waals surface area contributed by atoms with E-state index in [2.05, 4.69) is 44.4 Å². The molecule has 0 radical (unpaired) electrons. The molecule has 138 valence electrons. The summed E-state index contributed by atoms with van der Waals surface area (Å²) in [5.74, 6) is 1.14. The summed E-state index contributed by atoms with van der Waals surface area (Å²) in [7, 11) is 4.87. The molecule has 3 atom stereocenters. The SMILES string of the molecule is C[N+]1(C)C2CCC1CC(CC(O)(c1ccccc1)C1CCCCC1)C2. The Balaban J connectivity index is 1.57. The molecule has 0 spiro atoms. The van der Waals surface area contributed by atoms with E-state index < -0.39 is 5.60 Å². The predicted molar refractivity (Wildman–Crippen MR) is 103 cm³/mol. The third-order valence-electron chi connectivity index (χ3n) is 8.08. The summed E-state index contributed by atoms with van der Waals surface area (Å²) >= 11 is 0. The van der Waals surface area contributed by atoms with Crippen molar-refractivity contribution < 1.29 is 9.59 Å². The van der Waals surface area contributed by atoms with Crippen LogP contribution in [0.5, 0.6) is 0 Å². The Labute approximate surface area is 153 Å². The van der Waals surface area contributed by atoms with Crippen molar-refractivity contribution in [2.24, 2.45) is 11.8 Å². The lowest BCUT2D eigenvalue weighted by atomic mass is 9.68. The molecule has 1 aromatic carbocycles. The van der Waals surface area contributed by atoms with Gasteiger partial charge in [-0.3, -0.25) is 0 Å². The first-order valence-electron chi connectivity index (χ1n) is 10.6. The van der Waals surface area contributed by atoms with Crippen LogP contribution in [0.1, 0.15) is 69.8 Å². The summed E-state index contributed by atoms with van der Waals surface area (Å²) in [5.41, 5.74) is 0.564. The number of fused-ring (bicyclic) bond motifs is 2. The van der Waals surface area contributed by atoms with Crippen molar-refractivity contribution >= 4 is 0 Å². The van der Waals surface area contributed by atoms with Crippen LogP contribution in [0.15, 0.2) is 30.3 Å². The second-order valence-electron chi connectivity index (χ2n) is 9.68. The van der Waals surface area contributed by atoms with E-state index in [9.17, 15) is 5.11 Å². The zero-order valence-electron chi connectivity index (χ0n) is 16.2. The van der Waals surface area contributed by atoms with Gasteiger partial charge < -0.3 is 9.59 Å². The summed E-state index contributed by atoms with van der Waals surface area (Å²) in [6.07, 6.45) is 12.7. The Morgan fingerprint density at radius 3 is 2.12 bits per heavy atom. The lowest BCUT2D eigenvalue weighted by molar-refractivity contribution is -0.931. The Bertz CT molecular complexity index is 561. The molecule has 2 heteroatoms. The highest BCUT2D eigenvalue weighted by Crippen LogP contribution is 2.49. The van der Waals surface area contributed by atoms with Crippen molar-refractivity contribution in [3.05, 3.63) is 35.9 Å². The summed E-state index contributed by atoms with van der Waals surface area (Å²) in [4.78, 5) is 0. The average molecular weight is 343 g/mol. The number of rotatable bonds is 4. The highest BCUT2D eigenvalue weighted by Gasteiger charge is 2.51. The van der Waals surface area contributed by atoms with E-state index in [1.54, 1.807) is 0 Å². The van der Waals surface area contributed by atoms with Crippen LogP contribution in [0.25, 0.3) is 0 Å². The average Bonchev–Trinajstić information content (AvgIpc) is 2.80. The molecule has 25 heavy (non-hydrogen) atoms. The number of hydrogen-bond donors (Lipinski definition) is 1. The molecule has 2 aliphatic heterocycles. The van der Waals surface area contributed by atoms with E-state index in [1.165, 1.54) is 67.8 Å². The molecule has 2 saturated heterocycles. The summed E-state index contributed by atoms with van der Waals surface area (Å²) in [5, 5.41) is 12.0. The van der Waals surface area contributed by atoms with Gasteiger partial charge in [-0.15, -0.1) is 0 Å². The summed E-state index contributed by atoms with van der Waals surface area (Å²) < 4.78 is 1.23. The van der Waals surface area contributed by atoms with Gasteiger partial charge in [0.05, 0.1) is 31.8 Å². The third-order valence-corrected chi connectivity index (χ3v) is 8.08. The van der Waals surface area contributed by atoms with Crippen molar-refractivity contribution in [2.75, 3.05) is 14.1 Å². The summed E-state index contributed by atoms with van der Waals surface area (Å²) in [6, 6.07) is 12.3. The van der Waals surface area contributed by atoms with Gasteiger partial charge in [0.25, 0.3) is 0 Å². The number of quaternary nitrogens is 1. The molecule has 2 bridgehead atoms. The van der Waals surface area contributed by atoms with Crippen molar-refractivity contribution in [1.82, 2.24) is 0 Å². The molecule has 0 aromatic heterocycles. The molecule has 3 unspecified atom stereocenters. The molecular weight excluding hydrogens is 306 g/mol. The van der Waals surface area contributed by atoms with Gasteiger partial charge in [0.1, 0.15) is 0 Å². The van der Waals surface area contributed by atoms with E-state index in [-0.39, 0.29) is 0 Å². The maximum absolute atomic E-state index is 12.0. The van der Waals surface area contributed by atoms with E-state index >= 15 is 0 Å². The van der Waals surface area contributed by atoms with Crippen molar-refractivity contribution in [1.29, 1.82) is 0 Å². The smallest absolute Gasteiger partial charge is 0.0927 e. The first kappa shape index (κ1) is 17.5. The number of hydrogen-bond acceptors (Lipinski definition) is 1. The lowest BCUT2D eigenvalue weighted by Crippen LogP contribution is -2.55. The van der Waals surface area contributed by atoms with Crippen LogP contribution in [0.2, 0.25) is 0 Å². The molecule has 4 rings (SSSR count). The number of nitrogens with zero attached hydrogens (tertiary/aromatic N) is 1. The quantitative estimate of drug-likeness (QED) is 0.775. The molecule has 1 N–H and O–H groups in total. The first-order valence-corrected chi connectivity index (χ1v) is 10.6. The van der Waals surface area contributed by atoms with Gasteiger partial charge in [0.15, 0.2) is 0 Å². The van der Waals surface area contributed by atoms with Gasteiger partial charge in [-0.2, -0.15) is 0 Å². The van der Waals surface area contributed by atoms with Gasteiger partial charge in [0.2, 0.25) is 0 Å². The highest BCUT2D eigenvalue weighted by atomic mass is 16.3. The molecule has 2 nitrogen and oxygen atoms in total. The molecule has 0 amide bonds. The van der Waals surface area contributed by atoms with Gasteiger partial charge in [-0.25, -0.2) is 0 Å². The Morgan fingerprint density at radius 2 is 1.52 bits per heavy atom. The normalized spacial score (nSPS) is 34.6. The molecule has 3 fully saturated rings. The van der Waals surface area contributed by atoms with Crippen molar-refractivity contribution in [3.8, 4) is 0 Å². The van der Waals surface area contributed by atoms with Gasteiger partial charge in [-0.1, -0.05) is 49.6 Å². The second-order valence-corrected chi connectivity index (χ2v) is 9.68. The number of aliphatic hydroxyl groups is 1. The highest BCUT2D eigenvalue weighted by molar-refractivity contribution is 5.24. The van der Waals surface area contributed by atoms with Crippen LogP contribution in [-0.4, -0.2) is 35.8 Å². The Kier molecular flexibility index (Phi) is 4.70. The van der Waals surface area contributed by atoms with Crippen LogP contribution in [0, 0.1) is 11.8 Å². The minimum absolute atomic E-state index is 0.450. The van der Waals surface area contributed by atoms with Crippen LogP contribution in [-0.2, 0) is 5.60 Å². The van der Waals surface area contributed by atoms with Crippen molar-refractivity contribution in [2.45, 2.75) is 81.9 Å². The van der Waals surface area contributed by atoms with Gasteiger partial charge in [-0.05, 0) is 36.7 Å². The topological polar surface area (TPSA) is 20.2 Å². The molecule has 2 heterocycles. The van der Waals surface area contributed by atoms with Gasteiger partial charge in [0, 0.05) is 25.7 Å². The van der Waals surface area contributed by atoms with E-state index in [1.807, 2.05) is 0 Å². The Morgan fingerprint density at radius 1 is 0.920 bits per heavy atom. The molecule has 1 aromatic rings. The van der Waals surface area contributed by atoms with Crippen LogP contribution < -0.4 is 0 Å². The molecule has 3 aliphatic rings. The molecular formula is C23H36NO+. The monoisotopic (exact) mass is 342 g/mol. The van der Waals surface area contributed by atoms with Crippen LogP contribution >= 0.6 is 0 Å². The minimum Gasteiger partial charge on any atom is -0.385 e. The minimum atomic E-state index is -0.611. The number of benzene rings is 1. The maximum atomic E-state index is 12.0. The predicted octanol–water partition coefficient (Wildman–Crippen LogP) is 4.86. The van der Waals surface area contributed by atoms with Crippen LogP contribution in [0.4, 0.5) is 0 Å². The zero-order valence-corrected chi connectivity index (χ0v) is 16.2. The maximum Gasteiger partial charge on any atom is 0.0927 e. The fourth-order valence-corrected chi connectivity index (χ4v) is 6.43. The molecule has 1 saturated carbocycles. The zero-order chi connectivity index (χ0) is 17.5. The van der Waals surface area contributed by atoms with Crippen molar-refractivity contribution in [3.63, 3.8) is 0 Å². The number of piperidine rings is 1. The van der Waals surface area contributed by atoms with E-state index in [0.717, 1.165) is 18.5 Å². The fourth-order valence-electron chi connectivity index (χ4n) is 6.43. The third kappa shape index (κ3) is 3.17. The van der Waals surface area contributed by atoms with E-state index in [0.29, 0.717) is 11.8 Å². The van der Waals surface area contributed by atoms with Gasteiger partial charge >= 0.3 is 0 Å². The first-order chi connectivity index (χ1) is 12.0. The second kappa shape index (κ2) is 6.70. The standard InChI is InChI=1S/C23H36NO/c1-24(2)21-13-14-22(24)16-18(15-21)17-23(25,19-9-5-3-6-10-19)20-11-7-4-8-12-20/h3,5-6,9-10,18,20-22,25H,4,7-8,11-17H2,1-2H3/q+1. The largest absolute Gasteiger partial charge is 0.385 e. The van der Waals surface area contributed by atoms with E-state index in [4.69, 9.17) is 0 Å². The lowest BCUT2D eigenvalue weighted by Gasteiger charge is -2.47. The fraction of sp³-hybridized carbons (Fsp3) is 0.739. The van der Waals surface area contributed by atoms with Crippen LogP contribution in [0.3, 0.4) is 0 Å². The summed E-state index contributed by atoms with van der Waals surface area (Å²) in [6.45, 7) is 0.